The van der Waals surface area contributed by atoms with Gasteiger partial charge in [-0.05, 0) is 18.4 Å². The van der Waals surface area contributed by atoms with Crippen LogP contribution in [-0.4, -0.2) is 18.5 Å². The van der Waals surface area contributed by atoms with Crippen molar-refractivity contribution < 1.29 is 9.63 Å². The summed E-state index contributed by atoms with van der Waals surface area (Å²) >= 11 is 0. The van der Waals surface area contributed by atoms with Crippen molar-refractivity contribution in [2.75, 3.05) is 6.54 Å². The van der Waals surface area contributed by atoms with Crippen LogP contribution in [0, 0.1) is 0 Å². The number of amides is 1. The molecule has 1 aliphatic rings. The number of rotatable bonds is 7. The molecule has 1 amide bonds. The fourth-order valence-electron chi connectivity index (χ4n) is 1.47. The Morgan fingerprint density at radius 1 is 1.29 bits per heavy atom. The summed E-state index contributed by atoms with van der Waals surface area (Å²) in [5, 5.41) is 2.93. The van der Waals surface area contributed by atoms with Crippen molar-refractivity contribution in [2.45, 2.75) is 31.9 Å². The number of benzene rings is 1. The molecule has 92 valence electrons. The second-order valence-electron chi connectivity index (χ2n) is 4.26. The molecule has 0 saturated heterocycles. The highest BCUT2D eigenvalue weighted by atomic mass is 16.6. The Balaban J connectivity index is 1.50. The van der Waals surface area contributed by atoms with E-state index in [2.05, 4.69) is 10.8 Å². The molecule has 2 rings (SSSR count). The number of carbonyl (C=O) groups is 1. The predicted octanol–water partition coefficient (Wildman–Crippen LogP) is 1.38. The molecule has 0 atom stereocenters. The van der Waals surface area contributed by atoms with Crippen molar-refractivity contribution in [3.05, 3.63) is 35.9 Å². The van der Waals surface area contributed by atoms with Crippen molar-refractivity contribution in [1.82, 2.24) is 10.8 Å². The quantitative estimate of drug-likeness (QED) is 0.553. The first-order valence-electron chi connectivity index (χ1n) is 6.02. The normalized spacial score (nSPS) is 14.6. The maximum Gasteiger partial charge on any atom is 0.221 e. The van der Waals surface area contributed by atoms with Gasteiger partial charge in [0.1, 0.15) is 0 Å². The number of carbonyl (C=O) groups excluding carboxylic acids is 1. The summed E-state index contributed by atoms with van der Waals surface area (Å²) in [5.41, 5.74) is 3.91. The monoisotopic (exact) mass is 234 g/mol. The molecule has 0 heterocycles. The first kappa shape index (κ1) is 12.1. The number of hydrogen-bond acceptors (Lipinski definition) is 3. The van der Waals surface area contributed by atoms with E-state index in [1.165, 1.54) is 0 Å². The lowest BCUT2D eigenvalue weighted by Gasteiger charge is -2.06. The molecule has 4 nitrogen and oxygen atoms in total. The van der Waals surface area contributed by atoms with E-state index in [1.54, 1.807) is 0 Å². The Hall–Kier alpha value is -1.39. The van der Waals surface area contributed by atoms with Gasteiger partial charge in [-0.15, -0.1) is 0 Å². The van der Waals surface area contributed by atoms with E-state index in [0.717, 1.165) is 18.4 Å². The molecule has 1 aromatic rings. The van der Waals surface area contributed by atoms with Gasteiger partial charge < -0.3 is 5.32 Å². The van der Waals surface area contributed by atoms with Crippen LogP contribution in [0.15, 0.2) is 30.3 Å². The molecule has 17 heavy (non-hydrogen) atoms. The van der Waals surface area contributed by atoms with Crippen LogP contribution < -0.4 is 10.8 Å². The second kappa shape index (κ2) is 6.37. The van der Waals surface area contributed by atoms with Gasteiger partial charge in [0.25, 0.3) is 0 Å². The molecule has 0 bridgehead atoms. The molecule has 0 aliphatic heterocycles. The molecule has 0 aromatic heterocycles. The Morgan fingerprint density at radius 2 is 2.06 bits per heavy atom. The number of nitrogens with one attached hydrogen (secondary N) is 2. The molecule has 0 unspecified atom stereocenters. The Kier molecular flexibility index (Phi) is 4.53. The van der Waals surface area contributed by atoms with Crippen LogP contribution in [-0.2, 0) is 16.2 Å². The van der Waals surface area contributed by atoms with Crippen molar-refractivity contribution >= 4 is 5.91 Å². The van der Waals surface area contributed by atoms with Crippen LogP contribution in [0.25, 0.3) is 0 Å². The zero-order chi connectivity index (χ0) is 11.9. The van der Waals surface area contributed by atoms with Gasteiger partial charge in [-0.25, -0.2) is 5.48 Å². The van der Waals surface area contributed by atoms with Gasteiger partial charge in [-0.2, -0.15) is 0 Å². The lowest BCUT2D eigenvalue weighted by Crippen LogP contribution is -2.29. The highest BCUT2D eigenvalue weighted by Gasteiger charge is 2.22. The van der Waals surface area contributed by atoms with E-state index in [-0.39, 0.29) is 5.91 Å². The molecular formula is C13H18N2O2. The summed E-state index contributed by atoms with van der Waals surface area (Å²) in [4.78, 5) is 16.6. The molecule has 1 saturated carbocycles. The van der Waals surface area contributed by atoms with E-state index >= 15 is 0 Å². The highest BCUT2D eigenvalue weighted by molar-refractivity contribution is 5.76. The first-order valence-corrected chi connectivity index (χ1v) is 6.02. The van der Waals surface area contributed by atoms with Crippen molar-refractivity contribution in [3.8, 4) is 0 Å². The van der Waals surface area contributed by atoms with E-state index in [0.29, 0.717) is 25.6 Å². The fourth-order valence-corrected chi connectivity index (χ4v) is 1.47. The van der Waals surface area contributed by atoms with Gasteiger partial charge >= 0.3 is 0 Å². The highest BCUT2D eigenvalue weighted by Crippen LogP contribution is 2.18. The van der Waals surface area contributed by atoms with Gasteiger partial charge in [0.15, 0.2) is 0 Å². The minimum absolute atomic E-state index is 0.100. The lowest BCUT2D eigenvalue weighted by atomic mass is 10.2. The number of hydrogen-bond donors (Lipinski definition) is 2. The van der Waals surface area contributed by atoms with E-state index in [1.807, 2.05) is 30.3 Å². The SMILES string of the molecule is O=C(CCNOCc1ccccc1)NC1CC1. The summed E-state index contributed by atoms with van der Waals surface area (Å²) in [6.45, 7) is 1.07. The van der Waals surface area contributed by atoms with Crippen LogP contribution in [0.4, 0.5) is 0 Å². The topological polar surface area (TPSA) is 50.4 Å². The minimum atomic E-state index is 0.100. The van der Waals surface area contributed by atoms with E-state index in [4.69, 9.17) is 4.84 Å². The molecule has 0 radical (unpaired) electrons. The maximum atomic E-state index is 11.3. The summed E-state index contributed by atoms with van der Waals surface area (Å²) < 4.78 is 0. The molecule has 4 heteroatoms. The third-order valence-electron chi connectivity index (χ3n) is 2.58. The van der Waals surface area contributed by atoms with Crippen molar-refractivity contribution in [2.24, 2.45) is 0 Å². The van der Waals surface area contributed by atoms with E-state index in [9.17, 15) is 4.79 Å². The number of hydroxylamine groups is 1. The third-order valence-corrected chi connectivity index (χ3v) is 2.58. The first-order chi connectivity index (χ1) is 8.34. The van der Waals surface area contributed by atoms with Crippen molar-refractivity contribution in [3.63, 3.8) is 0 Å². The van der Waals surface area contributed by atoms with Crippen molar-refractivity contribution in [1.29, 1.82) is 0 Å². The smallest absolute Gasteiger partial charge is 0.221 e. The Bertz CT molecular complexity index is 350. The molecule has 1 aromatic carbocycles. The minimum Gasteiger partial charge on any atom is -0.353 e. The fraction of sp³-hybridized carbons (Fsp3) is 0.462. The molecule has 1 fully saturated rings. The van der Waals surface area contributed by atoms with E-state index < -0.39 is 0 Å². The third kappa shape index (κ3) is 4.97. The Labute approximate surface area is 101 Å². The standard InChI is InChI=1S/C13H18N2O2/c16-13(15-12-6-7-12)8-9-14-17-10-11-4-2-1-3-5-11/h1-5,12,14H,6-10H2,(H,15,16). The zero-order valence-corrected chi connectivity index (χ0v) is 9.82. The predicted molar refractivity (Wildman–Crippen MR) is 65.0 cm³/mol. The average Bonchev–Trinajstić information content (AvgIpc) is 3.14. The summed E-state index contributed by atoms with van der Waals surface area (Å²) in [6, 6.07) is 10.4. The van der Waals surface area contributed by atoms with Crippen LogP contribution in [0.3, 0.4) is 0 Å². The largest absolute Gasteiger partial charge is 0.353 e. The van der Waals surface area contributed by atoms with Crippen LogP contribution in [0.2, 0.25) is 0 Å². The lowest BCUT2D eigenvalue weighted by molar-refractivity contribution is -0.121. The zero-order valence-electron chi connectivity index (χ0n) is 9.82. The van der Waals surface area contributed by atoms with Crippen LogP contribution in [0.5, 0.6) is 0 Å². The molecule has 0 spiro atoms. The van der Waals surface area contributed by atoms with Gasteiger partial charge in [0, 0.05) is 19.0 Å². The van der Waals surface area contributed by atoms with Crippen LogP contribution in [0.1, 0.15) is 24.8 Å². The molecule has 1 aliphatic carbocycles. The molecular weight excluding hydrogens is 216 g/mol. The summed E-state index contributed by atoms with van der Waals surface area (Å²) in [5.74, 6) is 0.100. The maximum absolute atomic E-state index is 11.3. The van der Waals surface area contributed by atoms with Gasteiger partial charge in [0.05, 0.1) is 6.61 Å². The van der Waals surface area contributed by atoms with Gasteiger partial charge in [-0.1, -0.05) is 30.3 Å². The summed E-state index contributed by atoms with van der Waals surface area (Å²) in [6.07, 6.45) is 2.72. The van der Waals surface area contributed by atoms with Gasteiger partial charge in [0.2, 0.25) is 5.91 Å². The average molecular weight is 234 g/mol. The molecule has 2 N–H and O–H groups in total. The van der Waals surface area contributed by atoms with Gasteiger partial charge in [-0.3, -0.25) is 9.63 Å². The Morgan fingerprint density at radius 3 is 2.76 bits per heavy atom. The second-order valence-corrected chi connectivity index (χ2v) is 4.26. The summed E-state index contributed by atoms with van der Waals surface area (Å²) in [7, 11) is 0. The van der Waals surface area contributed by atoms with Crippen LogP contribution >= 0.6 is 0 Å².